The molecule has 1 aromatic carbocycles. The number of carbonyl (C=O) groups is 2. The molecule has 2 amide bonds. The zero-order chi connectivity index (χ0) is 24.7. The molecular weight excluding hydrogens is 466 g/mol. The molecule has 3 rings (SSSR count). The summed E-state index contributed by atoms with van der Waals surface area (Å²) < 4.78 is 12.5. The molecule has 0 radical (unpaired) electrons. The van der Waals surface area contributed by atoms with E-state index < -0.39 is 5.91 Å². The van der Waals surface area contributed by atoms with Crippen molar-refractivity contribution in [3.05, 3.63) is 59.5 Å². The van der Waals surface area contributed by atoms with E-state index >= 15 is 0 Å². The summed E-state index contributed by atoms with van der Waals surface area (Å²) in [6.07, 6.45) is 5.56. The number of anilines is 3. The molecule has 0 fully saturated rings. The molecule has 0 saturated carbocycles. The number of hydrogen-bond acceptors (Lipinski definition) is 9. The number of benzene rings is 1. The fraction of sp³-hybridized carbons (Fsp3) is 0.190. The predicted molar refractivity (Wildman–Crippen MR) is 124 cm³/mol. The summed E-state index contributed by atoms with van der Waals surface area (Å²) in [5.74, 6) is 0.570. The SMILES string of the molecule is C=CC(=O)Nc1cnn(C)c1Nc1ncc(OCc2cc(C(=O)NOC)cc(OC)c2Cl)cn1. The van der Waals surface area contributed by atoms with E-state index in [1.165, 1.54) is 43.6 Å². The van der Waals surface area contributed by atoms with E-state index in [0.717, 1.165) is 6.08 Å². The van der Waals surface area contributed by atoms with Crippen molar-refractivity contribution < 1.29 is 23.9 Å². The third-order valence-electron chi connectivity index (χ3n) is 4.43. The maximum Gasteiger partial charge on any atom is 0.274 e. The van der Waals surface area contributed by atoms with E-state index in [9.17, 15) is 9.59 Å². The van der Waals surface area contributed by atoms with Crippen molar-refractivity contribution in [2.45, 2.75) is 6.61 Å². The summed E-state index contributed by atoms with van der Waals surface area (Å²) in [6.45, 7) is 3.45. The number of ether oxygens (including phenoxy) is 2. The summed E-state index contributed by atoms with van der Waals surface area (Å²) in [4.78, 5) is 36.8. The van der Waals surface area contributed by atoms with Gasteiger partial charge in [-0.1, -0.05) is 18.2 Å². The van der Waals surface area contributed by atoms with Gasteiger partial charge >= 0.3 is 0 Å². The first-order valence-electron chi connectivity index (χ1n) is 9.73. The number of halogens is 1. The fourth-order valence-corrected chi connectivity index (χ4v) is 3.02. The number of hydrogen-bond donors (Lipinski definition) is 3. The molecule has 34 heavy (non-hydrogen) atoms. The second-order valence-corrected chi connectivity index (χ2v) is 7.04. The topological polar surface area (TPSA) is 142 Å². The second kappa shape index (κ2) is 11.1. The Hall–Kier alpha value is -4.16. The highest BCUT2D eigenvalue weighted by atomic mass is 35.5. The summed E-state index contributed by atoms with van der Waals surface area (Å²) in [6, 6.07) is 3.06. The summed E-state index contributed by atoms with van der Waals surface area (Å²) >= 11 is 6.36. The zero-order valence-corrected chi connectivity index (χ0v) is 19.3. The van der Waals surface area contributed by atoms with Crippen molar-refractivity contribution in [3.63, 3.8) is 0 Å². The van der Waals surface area contributed by atoms with Gasteiger partial charge in [0.2, 0.25) is 11.9 Å². The molecule has 0 saturated heterocycles. The molecule has 2 aromatic heterocycles. The summed E-state index contributed by atoms with van der Waals surface area (Å²) in [5, 5.41) is 10.0. The van der Waals surface area contributed by atoms with Crippen LogP contribution in [0.3, 0.4) is 0 Å². The van der Waals surface area contributed by atoms with Gasteiger partial charge in [-0.2, -0.15) is 5.10 Å². The summed E-state index contributed by atoms with van der Waals surface area (Å²) in [5.41, 5.74) is 3.48. The zero-order valence-electron chi connectivity index (χ0n) is 18.6. The lowest BCUT2D eigenvalue weighted by molar-refractivity contribution is -0.111. The highest BCUT2D eigenvalue weighted by Gasteiger charge is 2.16. The Morgan fingerprint density at radius 3 is 2.59 bits per heavy atom. The first-order valence-corrected chi connectivity index (χ1v) is 10.1. The van der Waals surface area contributed by atoms with Gasteiger partial charge in [-0.15, -0.1) is 0 Å². The molecule has 178 valence electrons. The lowest BCUT2D eigenvalue weighted by Crippen LogP contribution is -2.22. The number of amides is 2. The molecule has 3 N–H and O–H groups in total. The monoisotopic (exact) mass is 487 g/mol. The fourth-order valence-electron chi connectivity index (χ4n) is 2.78. The normalized spacial score (nSPS) is 10.4. The van der Waals surface area contributed by atoms with Crippen LogP contribution in [0.15, 0.2) is 43.4 Å². The van der Waals surface area contributed by atoms with E-state index in [4.69, 9.17) is 21.1 Å². The van der Waals surface area contributed by atoms with Crippen molar-refractivity contribution in [3.8, 4) is 11.5 Å². The van der Waals surface area contributed by atoms with Crippen LogP contribution in [0.4, 0.5) is 17.5 Å². The smallest absolute Gasteiger partial charge is 0.274 e. The molecule has 0 unspecified atom stereocenters. The van der Waals surface area contributed by atoms with E-state index in [1.54, 1.807) is 13.1 Å². The van der Waals surface area contributed by atoms with Crippen LogP contribution in [0, 0.1) is 0 Å². The van der Waals surface area contributed by atoms with Crippen LogP contribution in [0.1, 0.15) is 15.9 Å². The first-order chi connectivity index (χ1) is 16.4. The van der Waals surface area contributed by atoms with Gasteiger partial charge in [-0.3, -0.25) is 19.1 Å². The predicted octanol–water partition coefficient (Wildman–Crippen LogP) is 2.61. The van der Waals surface area contributed by atoms with Gasteiger partial charge < -0.3 is 20.1 Å². The second-order valence-electron chi connectivity index (χ2n) is 6.67. The van der Waals surface area contributed by atoms with Crippen LogP contribution >= 0.6 is 11.6 Å². The van der Waals surface area contributed by atoms with Crippen LogP contribution in [-0.2, 0) is 23.3 Å². The van der Waals surface area contributed by atoms with Gasteiger partial charge in [0, 0.05) is 18.2 Å². The molecule has 0 bridgehead atoms. The lowest BCUT2D eigenvalue weighted by atomic mass is 10.1. The minimum atomic E-state index is -0.462. The number of hydroxylamine groups is 1. The molecule has 0 aliphatic rings. The number of aromatic nitrogens is 4. The van der Waals surface area contributed by atoms with E-state index in [0.29, 0.717) is 33.6 Å². The number of methoxy groups -OCH3 is 1. The van der Waals surface area contributed by atoms with Crippen molar-refractivity contribution in [2.75, 3.05) is 24.9 Å². The van der Waals surface area contributed by atoms with Gasteiger partial charge in [0.1, 0.15) is 18.0 Å². The Kier molecular flexibility index (Phi) is 8.01. The van der Waals surface area contributed by atoms with Crippen molar-refractivity contribution in [1.29, 1.82) is 0 Å². The van der Waals surface area contributed by atoms with Crippen LogP contribution in [0.2, 0.25) is 5.02 Å². The van der Waals surface area contributed by atoms with Crippen LogP contribution in [0.25, 0.3) is 0 Å². The van der Waals surface area contributed by atoms with E-state index in [2.05, 4.69) is 42.6 Å². The minimum Gasteiger partial charge on any atom is -0.495 e. The molecule has 0 atom stereocenters. The highest BCUT2D eigenvalue weighted by molar-refractivity contribution is 6.33. The average Bonchev–Trinajstić information content (AvgIpc) is 3.17. The molecule has 13 heteroatoms. The maximum atomic E-state index is 12.1. The van der Waals surface area contributed by atoms with Crippen LogP contribution in [-0.4, -0.2) is 45.8 Å². The molecule has 0 aliphatic heterocycles. The molecule has 2 heterocycles. The van der Waals surface area contributed by atoms with Crippen molar-refractivity contribution in [1.82, 2.24) is 25.2 Å². The Morgan fingerprint density at radius 2 is 1.94 bits per heavy atom. The Morgan fingerprint density at radius 1 is 1.21 bits per heavy atom. The first kappa shape index (κ1) is 24.5. The number of nitrogens with one attached hydrogen (secondary N) is 3. The van der Waals surface area contributed by atoms with Crippen molar-refractivity contribution in [2.24, 2.45) is 7.05 Å². The van der Waals surface area contributed by atoms with Gasteiger partial charge in [0.05, 0.1) is 37.8 Å². The highest BCUT2D eigenvalue weighted by Crippen LogP contribution is 2.31. The van der Waals surface area contributed by atoms with E-state index in [1.807, 2.05) is 0 Å². The number of aryl methyl sites for hydroxylation is 1. The van der Waals surface area contributed by atoms with E-state index in [-0.39, 0.29) is 24.0 Å². The number of rotatable bonds is 10. The van der Waals surface area contributed by atoms with Gasteiger partial charge in [-0.05, 0) is 18.2 Å². The Balaban J connectivity index is 1.71. The lowest BCUT2D eigenvalue weighted by Gasteiger charge is -2.13. The standard InChI is InChI=1S/C21H22ClN7O5/c1-5-17(30)26-15-10-25-29(2)19(15)27-21-23-8-14(9-24-21)34-11-13-6-12(20(31)28-33-4)7-16(32-3)18(13)22/h5-10H,1,11H2,2-4H3,(H,26,30)(H,28,31)(H,23,24,27). The summed E-state index contributed by atoms with van der Waals surface area (Å²) in [7, 11) is 4.47. The molecule has 0 aliphatic carbocycles. The van der Waals surface area contributed by atoms with Crippen LogP contribution in [0.5, 0.6) is 11.5 Å². The maximum absolute atomic E-state index is 12.1. The van der Waals surface area contributed by atoms with Gasteiger partial charge in [-0.25, -0.2) is 15.4 Å². The quantitative estimate of drug-likeness (QED) is 0.290. The van der Waals surface area contributed by atoms with Crippen molar-refractivity contribution >= 4 is 40.9 Å². The Bertz CT molecular complexity index is 1200. The largest absolute Gasteiger partial charge is 0.495 e. The molecule has 3 aromatic rings. The number of nitrogens with zero attached hydrogens (tertiary/aromatic N) is 4. The third kappa shape index (κ3) is 5.79. The van der Waals surface area contributed by atoms with Gasteiger partial charge in [0.15, 0.2) is 11.6 Å². The third-order valence-corrected chi connectivity index (χ3v) is 4.86. The molecular formula is C21H22ClN7O5. The Labute approximate surface area is 199 Å². The minimum absolute atomic E-state index is 0.0267. The van der Waals surface area contributed by atoms with Gasteiger partial charge in [0.25, 0.3) is 5.91 Å². The van der Waals surface area contributed by atoms with Crippen LogP contribution < -0.4 is 25.6 Å². The molecule has 12 nitrogen and oxygen atoms in total. The average molecular weight is 488 g/mol. The number of carbonyl (C=O) groups excluding carboxylic acids is 2. The molecule has 0 spiro atoms.